The average Bonchev–Trinajstić information content (AvgIpc) is 2.40. The number of carbonyl (C=O) groups excluding carboxylic acids is 1. The molecule has 2 amide bonds. The maximum Gasteiger partial charge on any atom is 0.321 e. The largest absolute Gasteiger partial charge is 0.393 e. The normalized spacial score (nSPS) is 21.4. The van der Waals surface area contributed by atoms with Crippen molar-refractivity contribution in [3.8, 4) is 0 Å². The van der Waals surface area contributed by atoms with Crippen molar-refractivity contribution in [1.29, 1.82) is 0 Å². The molecule has 0 aliphatic carbocycles. The number of pyridine rings is 1. The Labute approximate surface area is 107 Å². The van der Waals surface area contributed by atoms with Gasteiger partial charge in [-0.2, -0.15) is 0 Å². The van der Waals surface area contributed by atoms with Gasteiger partial charge < -0.3 is 15.3 Å². The number of urea groups is 1. The van der Waals surface area contributed by atoms with E-state index in [2.05, 4.69) is 10.3 Å². The maximum atomic E-state index is 12.0. The van der Waals surface area contributed by atoms with Crippen LogP contribution in [0.3, 0.4) is 0 Å². The average molecular weight is 249 g/mol. The van der Waals surface area contributed by atoms with Gasteiger partial charge in [-0.15, -0.1) is 0 Å². The van der Waals surface area contributed by atoms with E-state index in [9.17, 15) is 9.90 Å². The Morgan fingerprint density at radius 3 is 2.94 bits per heavy atom. The van der Waals surface area contributed by atoms with Gasteiger partial charge in [0.05, 0.1) is 6.10 Å². The highest BCUT2D eigenvalue weighted by Crippen LogP contribution is 2.20. The first-order valence-electron chi connectivity index (χ1n) is 6.31. The van der Waals surface area contributed by atoms with E-state index < -0.39 is 0 Å². The van der Waals surface area contributed by atoms with E-state index in [-0.39, 0.29) is 18.1 Å². The molecular formula is C13H19N3O2. The quantitative estimate of drug-likeness (QED) is 0.838. The van der Waals surface area contributed by atoms with Crippen LogP contribution in [0.2, 0.25) is 0 Å². The minimum atomic E-state index is -0.360. The lowest BCUT2D eigenvalue weighted by Crippen LogP contribution is -2.44. The van der Waals surface area contributed by atoms with Crippen LogP contribution >= 0.6 is 0 Å². The lowest BCUT2D eigenvalue weighted by Gasteiger charge is -2.34. The van der Waals surface area contributed by atoms with Crippen LogP contribution in [0.4, 0.5) is 10.5 Å². The third-order valence-electron chi connectivity index (χ3n) is 3.36. The number of aromatic nitrogens is 1. The van der Waals surface area contributed by atoms with Crippen molar-refractivity contribution in [2.24, 2.45) is 5.92 Å². The second-order valence-electron chi connectivity index (χ2n) is 4.75. The molecule has 0 radical (unpaired) electrons. The summed E-state index contributed by atoms with van der Waals surface area (Å²) >= 11 is 0. The molecule has 1 aromatic rings. The van der Waals surface area contributed by atoms with Gasteiger partial charge in [0.25, 0.3) is 0 Å². The summed E-state index contributed by atoms with van der Waals surface area (Å²) in [6.07, 6.45) is 4.85. The molecule has 1 aliphatic heterocycles. The standard InChI is InChI=1S/C13H19N3O2/c1-10(17)11-3-2-8-16(9-11)13(18)15-12-4-6-14-7-5-12/h4-7,10-11,17H,2-3,8-9H2,1H3,(H,14,15,18). The summed E-state index contributed by atoms with van der Waals surface area (Å²) in [4.78, 5) is 17.7. The van der Waals surface area contributed by atoms with Gasteiger partial charge in [-0.3, -0.25) is 4.98 Å². The number of hydrogen-bond acceptors (Lipinski definition) is 3. The lowest BCUT2D eigenvalue weighted by atomic mass is 9.94. The molecule has 1 saturated heterocycles. The van der Waals surface area contributed by atoms with Crippen molar-refractivity contribution >= 4 is 11.7 Å². The Balaban J connectivity index is 1.93. The maximum absolute atomic E-state index is 12.0. The number of nitrogens with zero attached hydrogens (tertiary/aromatic N) is 2. The second-order valence-corrected chi connectivity index (χ2v) is 4.75. The molecule has 5 nitrogen and oxygen atoms in total. The van der Waals surface area contributed by atoms with Gasteiger partial charge in [0.2, 0.25) is 0 Å². The molecule has 2 unspecified atom stereocenters. The molecule has 18 heavy (non-hydrogen) atoms. The molecule has 0 aromatic carbocycles. The minimum Gasteiger partial charge on any atom is -0.393 e. The fraction of sp³-hybridized carbons (Fsp3) is 0.538. The van der Waals surface area contributed by atoms with E-state index in [0.29, 0.717) is 6.54 Å². The third kappa shape index (κ3) is 3.20. The molecule has 2 rings (SSSR count). The van der Waals surface area contributed by atoms with Crippen LogP contribution in [-0.2, 0) is 0 Å². The van der Waals surface area contributed by atoms with Crippen molar-refractivity contribution in [3.63, 3.8) is 0 Å². The summed E-state index contributed by atoms with van der Waals surface area (Å²) in [5, 5.41) is 12.4. The van der Waals surface area contributed by atoms with E-state index in [1.807, 2.05) is 0 Å². The molecule has 1 fully saturated rings. The first-order valence-corrected chi connectivity index (χ1v) is 6.31. The van der Waals surface area contributed by atoms with Gasteiger partial charge in [-0.25, -0.2) is 4.79 Å². The Hall–Kier alpha value is -1.62. The summed E-state index contributed by atoms with van der Waals surface area (Å²) < 4.78 is 0. The lowest BCUT2D eigenvalue weighted by molar-refractivity contribution is 0.0766. The van der Waals surface area contributed by atoms with Crippen molar-refractivity contribution in [3.05, 3.63) is 24.5 Å². The number of carbonyl (C=O) groups is 1. The topological polar surface area (TPSA) is 65.5 Å². The summed E-state index contributed by atoms with van der Waals surface area (Å²) in [6, 6.07) is 3.41. The number of aliphatic hydroxyl groups is 1. The number of rotatable bonds is 2. The highest BCUT2D eigenvalue weighted by atomic mass is 16.3. The number of likely N-dealkylation sites (tertiary alicyclic amines) is 1. The van der Waals surface area contributed by atoms with Gasteiger partial charge in [-0.05, 0) is 31.9 Å². The summed E-state index contributed by atoms with van der Waals surface area (Å²) in [7, 11) is 0. The molecule has 5 heteroatoms. The highest BCUT2D eigenvalue weighted by Gasteiger charge is 2.26. The van der Waals surface area contributed by atoms with E-state index >= 15 is 0 Å². The minimum absolute atomic E-state index is 0.105. The Bertz CT molecular complexity index is 394. The second kappa shape index (κ2) is 5.82. The fourth-order valence-corrected chi connectivity index (χ4v) is 2.23. The predicted molar refractivity (Wildman–Crippen MR) is 69.2 cm³/mol. The van der Waals surface area contributed by atoms with Crippen LogP contribution < -0.4 is 5.32 Å². The number of nitrogens with one attached hydrogen (secondary N) is 1. The molecule has 2 atom stereocenters. The Morgan fingerprint density at radius 2 is 2.28 bits per heavy atom. The van der Waals surface area contributed by atoms with Crippen molar-refractivity contribution in [1.82, 2.24) is 9.88 Å². The molecule has 1 aromatic heterocycles. The van der Waals surface area contributed by atoms with Crippen LogP contribution in [0.15, 0.2) is 24.5 Å². The Morgan fingerprint density at radius 1 is 1.56 bits per heavy atom. The molecule has 0 saturated carbocycles. The van der Waals surface area contributed by atoms with E-state index in [4.69, 9.17) is 0 Å². The van der Waals surface area contributed by atoms with Gasteiger partial charge >= 0.3 is 6.03 Å². The van der Waals surface area contributed by atoms with Crippen LogP contribution in [0.5, 0.6) is 0 Å². The molecule has 98 valence electrons. The zero-order valence-electron chi connectivity index (χ0n) is 10.5. The molecule has 0 bridgehead atoms. The van der Waals surface area contributed by atoms with Gasteiger partial charge in [0.1, 0.15) is 0 Å². The van der Waals surface area contributed by atoms with Crippen LogP contribution in [0.1, 0.15) is 19.8 Å². The predicted octanol–water partition coefficient (Wildman–Crippen LogP) is 1.71. The number of aliphatic hydroxyl groups excluding tert-OH is 1. The van der Waals surface area contributed by atoms with E-state index in [1.165, 1.54) is 0 Å². The van der Waals surface area contributed by atoms with E-state index in [0.717, 1.165) is 25.1 Å². The summed E-state index contributed by atoms with van der Waals surface area (Å²) in [6.45, 7) is 3.16. The fourth-order valence-electron chi connectivity index (χ4n) is 2.23. The molecule has 2 N–H and O–H groups in total. The van der Waals surface area contributed by atoms with Crippen molar-refractivity contribution in [2.75, 3.05) is 18.4 Å². The third-order valence-corrected chi connectivity index (χ3v) is 3.36. The van der Waals surface area contributed by atoms with Crippen LogP contribution in [0, 0.1) is 5.92 Å². The number of piperidine rings is 1. The number of amides is 2. The molecule has 2 heterocycles. The van der Waals surface area contributed by atoms with Crippen LogP contribution in [0.25, 0.3) is 0 Å². The monoisotopic (exact) mass is 249 g/mol. The number of anilines is 1. The molecule has 1 aliphatic rings. The smallest absolute Gasteiger partial charge is 0.321 e. The Kier molecular flexibility index (Phi) is 4.15. The SMILES string of the molecule is CC(O)C1CCCN(C(=O)Nc2ccncc2)C1. The van der Waals surface area contributed by atoms with Crippen molar-refractivity contribution in [2.45, 2.75) is 25.9 Å². The van der Waals surface area contributed by atoms with Gasteiger partial charge in [0, 0.05) is 37.1 Å². The zero-order chi connectivity index (χ0) is 13.0. The van der Waals surface area contributed by atoms with Crippen LogP contribution in [-0.4, -0.2) is 40.2 Å². The van der Waals surface area contributed by atoms with Gasteiger partial charge in [0.15, 0.2) is 0 Å². The highest BCUT2D eigenvalue weighted by molar-refractivity contribution is 5.89. The molecule has 0 spiro atoms. The first kappa shape index (κ1) is 12.8. The summed E-state index contributed by atoms with van der Waals surface area (Å²) in [5.41, 5.74) is 0.745. The molecular weight excluding hydrogens is 230 g/mol. The zero-order valence-corrected chi connectivity index (χ0v) is 10.5. The van der Waals surface area contributed by atoms with Gasteiger partial charge in [-0.1, -0.05) is 0 Å². The van der Waals surface area contributed by atoms with Crippen molar-refractivity contribution < 1.29 is 9.90 Å². The first-order chi connectivity index (χ1) is 8.66. The summed E-state index contributed by atoms with van der Waals surface area (Å²) in [5.74, 6) is 0.182. The number of hydrogen-bond donors (Lipinski definition) is 2. The van der Waals surface area contributed by atoms with E-state index in [1.54, 1.807) is 36.4 Å².